The Morgan fingerprint density at radius 3 is 2.70 bits per heavy atom. The van der Waals surface area contributed by atoms with E-state index in [0.29, 0.717) is 12.4 Å². The van der Waals surface area contributed by atoms with Crippen LogP contribution in [0.5, 0.6) is 0 Å². The van der Waals surface area contributed by atoms with Crippen LogP contribution in [0, 0.1) is 0 Å². The standard InChI is InChI=1S/C14H14Cl2N2S.ClH/c1-10(19)12(6-15)14-7-17-9-18(14)8-11-4-2-3-5-13(11)16;/h2-5,7,9,12H,6,8H2,1H3;1H. The van der Waals surface area contributed by atoms with Gasteiger partial charge in [-0.2, -0.15) is 0 Å². The van der Waals surface area contributed by atoms with E-state index in [1.807, 2.05) is 42.0 Å². The molecule has 0 spiro atoms. The van der Waals surface area contributed by atoms with Gasteiger partial charge in [0.2, 0.25) is 0 Å². The number of imidazole rings is 1. The zero-order valence-corrected chi connectivity index (χ0v) is 14.1. The number of nitrogens with zero attached hydrogens (tertiary/aromatic N) is 2. The Hall–Kier alpha value is -0.610. The highest BCUT2D eigenvalue weighted by Gasteiger charge is 2.17. The number of hydrogen-bond acceptors (Lipinski definition) is 2. The fraction of sp³-hybridized carbons (Fsp3) is 0.286. The molecule has 0 aliphatic carbocycles. The van der Waals surface area contributed by atoms with E-state index in [-0.39, 0.29) is 18.3 Å². The van der Waals surface area contributed by atoms with Crippen LogP contribution in [0.15, 0.2) is 36.8 Å². The van der Waals surface area contributed by atoms with Gasteiger partial charge in [0.25, 0.3) is 0 Å². The molecule has 0 aliphatic rings. The van der Waals surface area contributed by atoms with Crippen molar-refractivity contribution < 1.29 is 0 Å². The van der Waals surface area contributed by atoms with Crippen molar-refractivity contribution in [2.75, 3.05) is 5.88 Å². The molecule has 2 rings (SSSR count). The molecule has 1 aromatic heterocycles. The molecule has 1 atom stereocenters. The van der Waals surface area contributed by atoms with Crippen molar-refractivity contribution >= 4 is 52.7 Å². The second-order valence-electron chi connectivity index (χ2n) is 4.36. The highest BCUT2D eigenvalue weighted by molar-refractivity contribution is 7.80. The molecule has 0 saturated carbocycles. The molecule has 2 nitrogen and oxygen atoms in total. The van der Waals surface area contributed by atoms with E-state index in [1.165, 1.54) is 0 Å². The smallest absolute Gasteiger partial charge is 0.0951 e. The summed E-state index contributed by atoms with van der Waals surface area (Å²) in [5, 5.41) is 0.753. The molecule has 0 aliphatic heterocycles. The first-order valence-corrected chi connectivity index (χ1v) is 7.25. The van der Waals surface area contributed by atoms with E-state index in [1.54, 1.807) is 6.33 Å². The molecule has 108 valence electrons. The van der Waals surface area contributed by atoms with Crippen molar-refractivity contribution in [2.45, 2.75) is 19.4 Å². The van der Waals surface area contributed by atoms with Crippen LogP contribution in [0.3, 0.4) is 0 Å². The van der Waals surface area contributed by atoms with Crippen LogP contribution in [0.4, 0.5) is 0 Å². The average Bonchev–Trinajstić information content (AvgIpc) is 2.81. The van der Waals surface area contributed by atoms with Crippen molar-refractivity contribution in [3.8, 4) is 0 Å². The molecule has 0 amide bonds. The van der Waals surface area contributed by atoms with Crippen molar-refractivity contribution in [2.24, 2.45) is 0 Å². The maximum absolute atomic E-state index is 6.18. The summed E-state index contributed by atoms with van der Waals surface area (Å²) in [5.41, 5.74) is 2.08. The molecule has 0 radical (unpaired) electrons. The van der Waals surface area contributed by atoms with E-state index in [0.717, 1.165) is 21.1 Å². The quantitative estimate of drug-likeness (QED) is 0.574. The van der Waals surface area contributed by atoms with Crippen LogP contribution in [0.1, 0.15) is 24.1 Å². The highest BCUT2D eigenvalue weighted by atomic mass is 35.5. The number of rotatable bonds is 5. The van der Waals surface area contributed by atoms with Crippen LogP contribution in [-0.4, -0.2) is 20.3 Å². The lowest BCUT2D eigenvalue weighted by Gasteiger charge is -2.16. The van der Waals surface area contributed by atoms with Gasteiger partial charge < -0.3 is 4.57 Å². The number of thiocarbonyl (C=S) groups is 1. The van der Waals surface area contributed by atoms with Gasteiger partial charge in [-0.1, -0.05) is 42.0 Å². The molecule has 1 aromatic carbocycles. The summed E-state index contributed by atoms with van der Waals surface area (Å²) in [6.45, 7) is 2.58. The monoisotopic (exact) mass is 348 g/mol. The normalized spacial score (nSPS) is 11.8. The van der Waals surface area contributed by atoms with Crippen molar-refractivity contribution in [1.29, 1.82) is 0 Å². The number of hydrogen-bond donors (Lipinski definition) is 0. The summed E-state index contributed by atoms with van der Waals surface area (Å²) in [6.07, 6.45) is 3.61. The minimum atomic E-state index is 0. The van der Waals surface area contributed by atoms with Gasteiger partial charge in [0.1, 0.15) is 0 Å². The second kappa shape index (κ2) is 7.99. The molecular weight excluding hydrogens is 335 g/mol. The lowest BCUT2D eigenvalue weighted by molar-refractivity contribution is 0.733. The summed E-state index contributed by atoms with van der Waals surface area (Å²) >= 11 is 17.5. The average molecular weight is 350 g/mol. The first-order chi connectivity index (χ1) is 9.13. The van der Waals surface area contributed by atoms with E-state index in [9.17, 15) is 0 Å². The van der Waals surface area contributed by atoms with E-state index < -0.39 is 0 Å². The van der Waals surface area contributed by atoms with Gasteiger partial charge in [0.15, 0.2) is 0 Å². The third-order valence-electron chi connectivity index (χ3n) is 3.05. The third kappa shape index (κ3) is 3.95. The number of halogens is 3. The van der Waals surface area contributed by atoms with Crippen molar-refractivity contribution in [3.63, 3.8) is 0 Å². The Labute approximate surface area is 140 Å². The van der Waals surface area contributed by atoms with Gasteiger partial charge in [-0.25, -0.2) is 4.98 Å². The number of alkyl halides is 1. The van der Waals surface area contributed by atoms with Crippen LogP contribution < -0.4 is 0 Å². The number of aromatic nitrogens is 2. The highest BCUT2D eigenvalue weighted by Crippen LogP contribution is 2.22. The maximum atomic E-state index is 6.18. The summed E-state index contributed by atoms with van der Waals surface area (Å²) in [7, 11) is 0. The first kappa shape index (κ1) is 17.4. The molecule has 0 fully saturated rings. The van der Waals surface area contributed by atoms with Gasteiger partial charge in [-0.15, -0.1) is 24.0 Å². The van der Waals surface area contributed by atoms with E-state index >= 15 is 0 Å². The Morgan fingerprint density at radius 1 is 1.40 bits per heavy atom. The van der Waals surface area contributed by atoms with Gasteiger partial charge in [-0.3, -0.25) is 0 Å². The summed E-state index contributed by atoms with van der Waals surface area (Å²) in [6, 6.07) is 7.79. The number of benzene rings is 1. The van der Waals surface area contributed by atoms with Crippen LogP contribution in [-0.2, 0) is 6.54 Å². The summed E-state index contributed by atoms with van der Waals surface area (Å²) in [4.78, 5) is 5.07. The Balaban J connectivity index is 0.00000200. The zero-order chi connectivity index (χ0) is 13.8. The second-order valence-corrected chi connectivity index (χ2v) is 5.72. The third-order valence-corrected chi connectivity index (χ3v) is 4.01. The van der Waals surface area contributed by atoms with Crippen LogP contribution >= 0.6 is 47.8 Å². The molecule has 0 N–H and O–H groups in total. The summed E-state index contributed by atoms with van der Waals surface area (Å²) in [5.74, 6) is 0.505. The minimum absolute atomic E-state index is 0. The van der Waals surface area contributed by atoms with Crippen LogP contribution in [0.2, 0.25) is 5.02 Å². The van der Waals surface area contributed by atoms with Crippen molar-refractivity contribution in [1.82, 2.24) is 9.55 Å². The molecule has 6 heteroatoms. The maximum Gasteiger partial charge on any atom is 0.0951 e. The SMILES string of the molecule is CC(=S)C(CCl)c1cncn1Cc1ccccc1Cl.Cl. The largest absolute Gasteiger partial charge is 0.329 e. The van der Waals surface area contributed by atoms with Crippen molar-refractivity contribution in [3.05, 3.63) is 53.1 Å². The Kier molecular flexibility index (Phi) is 6.96. The minimum Gasteiger partial charge on any atom is -0.329 e. The van der Waals surface area contributed by atoms with Gasteiger partial charge in [-0.05, 0) is 23.4 Å². The Bertz CT molecular complexity index is 583. The fourth-order valence-corrected chi connectivity index (χ4v) is 2.84. The van der Waals surface area contributed by atoms with Gasteiger partial charge in [0.05, 0.1) is 12.9 Å². The predicted molar refractivity (Wildman–Crippen MR) is 91.8 cm³/mol. The van der Waals surface area contributed by atoms with Crippen LogP contribution in [0.25, 0.3) is 0 Å². The molecule has 2 aromatic rings. The lowest BCUT2D eigenvalue weighted by atomic mass is 10.1. The molecule has 0 saturated heterocycles. The molecular formula is C14H15Cl3N2S. The summed E-state index contributed by atoms with van der Waals surface area (Å²) < 4.78 is 2.05. The topological polar surface area (TPSA) is 17.8 Å². The predicted octanol–water partition coefficient (Wildman–Crippen LogP) is 4.72. The first-order valence-electron chi connectivity index (χ1n) is 5.93. The van der Waals surface area contributed by atoms with E-state index in [4.69, 9.17) is 35.4 Å². The molecule has 20 heavy (non-hydrogen) atoms. The molecule has 1 unspecified atom stereocenters. The lowest BCUT2D eigenvalue weighted by Crippen LogP contribution is -2.14. The fourth-order valence-electron chi connectivity index (χ4n) is 1.96. The van der Waals surface area contributed by atoms with E-state index in [2.05, 4.69) is 4.98 Å². The Morgan fingerprint density at radius 2 is 2.10 bits per heavy atom. The van der Waals surface area contributed by atoms with Gasteiger partial charge in [0, 0.05) is 28.7 Å². The zero-order valence-electron chi connectivity index (χ0n) is 10.9. The van der Waals surface area contributed by atoms with Gasteiger partial charge >= 0.3 is 0 Å². The molecule has 1 heterocycles. The molecule has 0 bridgehead atoms.